The maximum atomic E-state index is 12.6. The van der Waals surface area contributed by atoms with E-state index in [9.17, 15) is 22.8 Å². The predicted molar refractivity (Wildman–Crippen MR) is 77.9 cm³/mol. The molecule has 0 aliphatic carbocycles. The van der Waals surface area contributed by atoms with Crippen molar-refractivity contribution < 1.29 is 13.2 Å². The number of halogens is 3. The molecular formula is C14H13F3N2O2S. The van der Waals surface area contributed by atoms with Crippen LogP contribution in [0.1, 0.15) is 11.1 Å². The van der Waals surface area contributed by atoms with Crippen molar-refractivity contribution in [2.75, 3.05) is 0 Å². The van der Waals surface area contributed by atoms with Gasteiger partial charge in [0.25, 0.3) is 5.56 Å². The molecule has 2 aromatic rings. The molecule has 0 N–H and O–H groups in total. The second-order valence-electron chi connectivity index (χ2n) is 4.71. The molecular weight excluding hydrogens is 317 g/mol. The van der Waals surface area contributed by atoms with Gasteiger partial charge in [0.15, 0.2) is 0 Å². The number of nitrogens with zero attached hydrogens (tertiary/aromatic N) is 2. The van der Waals surface area contributed by atoms with Gasteiger partial charge < -0.3 is 0 Å². The lowest BCUT2D eigenvalue weighted by Gasteiger charge is -2.10. The van der Waals surface area contributed by atoms with Crippen LogP contribution in [0.25, 0.3) is 0 Å². The van der Waals surface area contributed by atoms with Crippen LogP contribution in [-0.4, -0.2) is 9.13 Å². The summed E-state index contributed by atoms with van der Waals surface area (Å²) in [6.07, 6.45) is -4.39. The van der Waals surface area contributed by atoms with Crippen LogP contribution in [0.2, 0.25) is 0 Å². The zero-order valence-corrected chi connectivity index (χ0v) is 12.7. The highest BCUT2D eigenvalue weighted by molar-refractivity contribution is 7.98. The third-order valence-corrected chi connectivity index (χ3v) is 4.29. The summed E-state index contributed by atoms with van der Waals surface area (Å²) >= 11 is 1.14. The van der Waals surface area contributed by atoms with E-state index in [1.807, 2.05) is 0 Å². The number of hydrogen-bond acceptors (Lipinski definition) is 3. The molecule has 0 aliphatic rings. The van der Waals surface area contributed by atoms with E-state index < -0.39 is 23.0 Å². The number of rotatable bonds is 3. The van der Waals surface area contributed by atoms with E-state index in [0.29, 0.717) is 10.6 Å². The Bertz CT molecular complexity index is 809. The molecule has 0 saturated heterocycles. The third-order valence-electron chi connectivity index (χ3n) is 3.12. The van der Waals surface area contributed by atoms with Crippen LogP contribution in [0.15, 0.2) is 44.9 Å². The van der Waals surface area contributed by atoms with Crippen LogP contribution in [0.3, 0.4) is 0 Å². The van der Waals surface area contributed by atoms with Crippen molar-refractivity contribution in [3.63, 3.8) is 0 Å². The first-order valence-corrected chi connectivity index (χ1v) is 7.24. The van der Waals surface area contributed by atoms with Crippen molar-refractivity contribution >= 4 is 11.8 Å². The SMILES string of the molecule is Cn1c(SCc2cccc(C(F)(F)F)c2)cc(=O)n(C)c1=O. The molecule has 0 atom stereocenters. The molecule has 2 rings (SSSR count). The molecule has 0 amide bonds. The van der Waals surface area contributed by atoms with Gasteiger partial charge in [0.05, 0.1) is 10.6 Å². The zero-order chi connectivity index (χ0) is 16.5. The van der Waals surface area contributed by atoms with Crippen molar-refractivity contribution in [2.45, 2.75) is 17.0 Å². The molecule has 1 aromatic carbocycles. The van der Waals surface area contributed by atoms with Crippen LogP contribution in [0, 0.1) is 0 Å². The first kappa shape index (κ1) is 16.4. The summed E-state index contributed by atoms with van der Waals surface area (Å²) in [4.78, 5) is 23.4. The van der Waals surface area contributed by atoms with Gasteiger partial charge in [-0.3, -0.25) is 13.9 Å². The molecule has 0 saturated carbocycles. The molecule has 8 heteroatoms. The van der Waals surface area contributed by atoms with E-state index in [2.05, 4.69) is 0 Å². The molecule has 0 spiro atoms. The van der Waals surface area contributed by atoms with Crippen LogP contribution in [0.4, 0.5) is 13.2 Å². The standard InChI is InChI=1S/C14H13F3N2O2S/c1-18-11(20)7-12(19(2)13(18)21)22-8-9-4-3-5-10(6-9)14(15,16)17/h3-7H,8H2,1-2H3. The number of hydrogen-bond donors (Lipinski definition) is 0. The number of thioether (sulfide) groups is 1. The summed E-state index contributed by atoms with van der Waals surface area (Å²) < 4.78 is 40.2. The van der Waals surface area contributed by atoms with Gasteiger partial charge in [0.2, 0.25) is 0 Å². The maximum absolute atomic E-state index is 12.6. The molecule has 1 aromatic heterocycles. The molecule has 22 heavy (non-hydrogen) atoms. The largest absolute Gasteiger partial charge is 0.416 e. The fourth-order valence-electron chi connectivity index (χ4n) is 1.85. The van der Waals surface area contributed by atoms with E-state index in [1.165, 1.54) is 30.8 Å². The average molecular weight is 330 g/mol. The van der Waals surface area contributed by atoms with Crippen molar-refractivity contribution in [1.29, 1.82) is 0 Å². The Morgan fingerprint density at radius 3 is 2.41 bits per heavy atom. The first-order chi connectivity index (χ1) is 10.2. The Hall–Kier alpha value is -1.96. The van der Waals surface area contributed by atoms with Gasteiger partial charge in [-0.15, -0.1) is 11.8 Å². The smallest absolute Gasteiger partial charge is 0.291 e. The lowest BCUT2D eigenvalue weighted by Crippen LogP contribution is -2.36. The molecule has 118 valence electrons. The maximum Gasteiger partial charge on any atom is 0.416 e. The third kappa shape index (κ3) is 3.44. The quantitative estimate of drug-likeness (QED) is 0.641. The minimum Gasteiger partial charge on any atom is -0.291 e. The minimum atomic E-state index is -4.39. The lowest BCUT2D eigenvalue weighted by atomic mass is 10.1. The van der Waals surface area contributed by atoms with Gasteiger partial charge in [-0.25, -0.2) is 4.79 Å². The highest BCUT2D eigenvalue weighted by atomic mass is 32.2. The highest BCUT2D eigenvalue weighted by Crippen LogP contribution is 2.30. The molecule has 0 unspecified atom stereocenters. The normalized spacial score (nSPS) is 11.7. The summed E-state index contributed by atoms with van der Waals surface area (Å²) in [6.45, 7) is 0. The van der Waals surface area contributed by atoms with Gasteiger partial charge >= 0.3 is 11.9 Å². The minimum absolute atomic E-state index is 0.227. The van der Waals surface area contributed by atoms with Crippen LogP contribution < -0.4 is 11.2 Å². The Morgan fingerprint density at radius 2 is 1.77 bits per heavy atom. The van der Waals surface area contributed by atoms with Crippen LogP contribution >= 0.6 is 11.8 Å². The molecule has 0 aliphatic heterocycles. The van der Waals surface area contributed by atoms with Crippen molar-refractivity contribution in [3.05, 3.63) is 62.3 Å². The van der Waals surface area contributed by atoms with Gasteiger partial charge in [-0.1, -0.05) is 18.2 Å². The Kier molecular flexibility index (Phi) is 4.50. The summed E-state index contributed by atoms with van der Waals surface area (Å²) in [5, 5.41) is 0.408. The van der Waals surface area contributed by atoms with E-state index in [0.717, 1.165) is 28.5 Å². The molecule has 0 fully saturated rings. The first-order valence-electron chi connectivity index (χ1n) is 6.26. The van der Waals surface area contributed by atoms with Crippen LogP contribution in [0.5, 0.6) is 0 Å². The van der Waals surface area contributed by atoms with Gasteiger partial charge in [0, 0.05) is 25.9 Å². The summed E-state index contributed by atoms with van der Waals surface area (Å²) in [6, 6.07) is 6.26. The van der Waals surface area contributed by atoms with E-state index in [1.54, 1.807) is 6.07 Å². The average Bonchev–Trinajstić information content (AvgIpc) is 2.47. The van der Waals surface area contributed by atoms with Gasteiger partial charge in [-0.2, -0.15) is 13.2 Å². The van der Waals surface area contributed by atoms with Gasteiger partial charge in [0.1, 0.15) is 0 Å². The second kappa shape index (κ2) is 6.04. The predicted octanol–water partition coefficient (Wildman–Crippen LogP) is 2.40. The monoisotopic (exact) mass is 330 g/mol. The highest BCUT2D eigenvalue weighted by Gasteiger charge is 2.30. The van der Waals surface area contributed by atoms with Crippen LogP contribution in [-0.2, 0) is 26.0 Å². The Balaban J connectivity index is 2.25. The lowest BCUT2D eigenvalue weighted by molar-refractivity contribution is -0.137. The molecule has 4 nitrogen and oxygen atoms in total. The molecule has 0 bridgehead atoms. The summed E-state index contributed by atoms with van der Waals surface area (Å²) in [5.41, 5.74) is -1.18. The fourth-order valence-corrected chi connectivity index (χ4v) is 2.80. The fraction of sp³-hybridized carbons (Fsp3) is 0.286. The Labute approximate surface area is 128 Å². The number of benzene rings is 1. The summed E-state index contributed by atoms with van der Waals surface area (Å²) in [7, 11) is 2.88. The Morgan fingerprint density at radius 1 is 1.09 bits per heavy atom. The van der Waals surface area contributed by atoms with Crippen molar-refractivity contribution in [1.82, 2.24) is 9.13 Å². The molecule has 1 heterocycles. The van der Waals surface area contributed by atoms with Crippen molar-refractivity contribution in [2.24, 2.45) is 14.1 Å². The number of alkyl halides is 3. The van der Waals surface area contributed by atoms with E-state index in [4.69, 9.17) is 0 Å². The second-order valence-corrected chi connectivity index (χ2v) is 5.70. The summed E-state index contributed by atoms with van der Waals surface area (Å²) in [5.74, 6) is 0.227. The van der Waals surface area contributed by atoms with E-state index in [-0.39, 0.29) is 5.75 Å². The zero-order valence-electron chi connectivity index (χ0n) is 11.8. The number of aromatic nitrogens is 2. The van der Waals surface area contributed by atoms with Gasteiger partial charge in [-0.05, 0) is 11.6 Å². The molecule has 0 radical (unpaired) electrons. The van der Waals surface area contributed by atoms with Crippen molar-refractivity contribution in [3.8, 4) is 0 Å². The van der Waals surface area contributed by atoms with E-state index >= 15 is 0 Å². The topological polar surface area (TPSA) is 44.0 Å².